The number of aryl methyl sites for hydroxylation is 2. The van der Waals surface area contributed by atoms with E-state index in [1.807, 2.05) is 0 Å². The van der Waals surface area contributed by atoms with Gasteiger partial charge in [-0.3, -0.25) is 0 Å². The van der Waals surface area contributed by atoms with Gasteiger partial charge in [-0.1, -0.05) is 247 Å². The summed E-state index contributed by atoms with van der Waals surface area (Å²) in [7, 11) is 0. The Balaban J connectivity index is 1.34. The summed E-state index contributed by atoms with van der Waals surface area (Å²) in [5, 5.41) is 0. The van der Waals surface area contributed by atoms with E-state index >= 15 is 0 Å². The van der Waals surface area contributed by atoms with Crippen molar-refractivity contribution < 1.29 is 0 Å². The van der Waals surface area contributed by atoms with Crippen molar-refractivity contribution in [2.45, 2.75) is 131 Å². The van der Waals surface area contributed by atoms with Crippen LogP contribution in [0.4, 0.5) is 34.1 Å². The van der Waals surface area contributed by atoms with Crippen LogP contribution in [0.15, 0.2) is 194 Å². The van der Waals surface area contributed by atoms with E-state index in [9.17, 15) is 0 Å². The van der Waals surface area contributed by atoms with Gasteiger partial charge in [-0.05, 0) is 156 Å². The molecule has 0 radical (unpaired) electrons. The molecule has 0 spiro atoms. The second-order valence-corrected chi connectivity index (χ2v) is 25.1. The van der Waals surface area contributed by atoms with Gasteiger partial charge in [-0.2, -0.15) is 0 Å². The number of unbranched alkanes of at least 4 members (excludes halogenated alkanes) is 2. The second-order valence-electron chi connectivity index (χ2n) is 25.1. The highest BCUT2D eigenvalue weighted by molar-refractivity contribution is 7.00. The van der Waals surface area contributed by atoms with Crippen LogP contribution in [0.3, 0.4) is 0 Å². The van der Waals surface area contributed by atoms with E-state index in [0.717, 1.165) is 38.5 Å². The molecule has 0 unspecified atom stereocenters. The van der Waals surface area contributed by atoms with Crippen LogP contribution < -0.4 is 26.2 Å². The van der Waals surface area contributed by atoms with Gasteiger partial charge in [0, 0.05) is 33.9 Å². The fourth-order valence-electron chi connectivity index (χ4n) is 12.1. The lowest BCUT2D eigenvalue weighted by molar-refractivity contribution is 0.587. The van der Waals surface area contributed by atoms with Crippen LogP contribution in [0.25, 0.3) is 44.5 Å². The van der Waals surface area contributed by atoms with Crippen molar-refractivity contribution in [3.63, 3.8) is 0 Å². The summed E-state index contributed by atoms with van der Waals surface area (Å²) in [6.45, 7) is 26.1. The first-order valence-corrected chi connectivity index (χ1v) is 28.7. The van der Waals surface area contributed by atoms with E-state index in [1.165, 1.54) is 123 Å². The lowest BCUT2D eigenvalue weighted by Crippen LogP contribution is -2.61. The second kappa shape index (κ2) is 20.5. The predicted octanol–water partition coefficient (Wildman–Crippen LogP) is 19.0. The summed E-state index contributed by atoms with van der Waals surface area (Å²) in [6, 6.07) is 74.6. The van der Waals surface area contributed by atoms with Crippen LogP contribution >= 0.6 is 0 Å². The van der Waals surface area contributed by atoms with Crippen LogP contribution in [-0.2, 0) is 29.1 Å². The molecule has 9 aromatic rings. The maximum Gasteiger partial charge on any atom is 0.252 e. The average Bonchev–Trinajstić information content (AvgIpc) is 3.62. The van der Waals surface area contributed by atoms with Crippen LogP contribution in [0.1, 0.15) is 130 Å². The Bertz CT molecular complexity index is 3500. The molecule has 2 aliphatic heterocycles. The highest BCUT2D eigenvalue weighted by Gasteiger charge is 2.46. The first kappa shape index (κ1) is 51.7. The Morgan fingerprint density at radius 2 is 0.688 bits per heavy atom. The van der Waals surface area contributed by atoms with Crippen molar-refractivity contribution in [1.29, 1.82) is 0 Å². The minimum Gasteiger partial charge on any atom is -0.311 e. The minimum atomic E-state index is -0.181. The molecular weight excluding hydrogens is 928 g/mol. The summed E-state index contributed by atoms with van der Waals surface area (Å²) in [4.78, 5) is 5.49. The smallest absolute Gasteiger partial charge is 0.252 e. The van der Waals surface area contributed by atoms with Crippen molar-refractivity contribution in [3.8, 4) is 44.5 Å². The summed E-state index contributed by atoms with van der Waals surface area (Å²) >= 11 is 0. The molecule has 2 heterocycles. The zero-order chi connectivity index (χ0) is 53.8. The van der Waals surface area contributed by atoms with Crippen molar-refractivity contribution in [2.24, 2.45) is 0 Å². The van der Waals surface area contributed by atoms with Crippen molar-refractivity contribution in [1.82, 2.24) is 0 Å². The average molecular weight is 1010 g/mol. The first-order valence-electron chi connectivity index (χ1n) is 28.7. The zero-order valence-corrected chi connectivity index (χ0v) is 47.7. The van der Waals surface area contributed by atoms with Gasteiger partial charge in [-0.15, -0.1) is 0 Å². The zero-order valence-electron chi connectivity index (χ0n) is 47.7. The van der Waals surface area contributed by atoms with Gasteiger partial charge in [0.15, 0.2) is 0 Å². The number of rotatable bonds is 12. The molecule has 0 bridgehead atoms. The molecule has 0 saturated carbocycles. The highest BCUT2D eigenvalue weighted by Crippen LogP contribution is 2.53. The number of hydrogen-bond donors (Lipinski definition) is 0. The van der Waals surface area contributed by atoms with Gasteiger partial charge in [-0.25, -0.2) is 0 Å². The Morgan fingerprint density at radius 3 is 1.06 bits per heavy atom. The van der Waals surface area contributed by atoms with Gasteiger partial charge in [0.05, 0.1) is 11.4 Å². The number of nitrogens with zero attached hydrogens (tertiary/aromatic N) is 2. The van der Waals surface area contributed by atoms with E-state index in [1.54, 1.807) is 0 Å². The molecule has 3 heteroatoms. The summed E-state index contributed by atoms with van der Waals surface area (Å²) < 4.78 is 0. The van der Waals surface area contributed by atoms with Crippen LogP contribution in [0.2, 0.25) is 0 Å². The molecule has 386 valence electrons. The van der Waals surface area contributed by atoms with E-state index in [-0.39, 0.29) is 23.0 Å². The minimum absolute atomic E-state index is 0.00259. The van der Waals surface area contributed by atoms with Crippen molar-refractivity contribution >= 4 is 57.2 Å². The number of fused-ring (bicyclic) bond motifs is 4. The Kier molecular flexibility index (Phi) is 13.8. The number of hydrogen-bond acceptors (Lipinski definition) is 2. The molecule has 2 nitrogen and oxygen atoms in total. The SMILES string of the molecule is CCCCc1cc(C(C)(C)C)cc(CCCC)c1N1c2ccc(-c3ccccc3)cc2B2c3cc(-c4ccccc4)ccc3N(c3c(-c4ccccc4)cc(C(C)(C)C)cc3-c3ccccc3)c3cc(C(C)(C)C)cc1c32. The van der Waals surface area contributed by atoms with Crippen molar-refractivity contribution in [3.05, 3.63) is 222 Å². The Morgan fingerprint density at radius 1 is 0.338 bits per heavy atom. The van der Waals surface area contributed by atoms with Gasteiger partial charge < -0.3 is 9.80 Å². The molecule has 11 rings (SSSR count). The largest absolute Gasteiger partial charge is 0.311 e. The van der Waals surface area contributed by atoms with E-state index < -0.39 is 0 Å². The summed E-state index contributed by atoms with van der Waals surface area (Å²) in [6.07, 6.45) is 6.56. The predicted molar refractivity (Wildman–Crippen MR) is 336 cm³/mol. The molecule has 0 fully saturated rings. The molecule has 77 heavy (non-hydrogen) atoms. The number of anilines is 6. The van der Waals surface area contributed by atoms with Gasteiger partial charge in [0.25, 0.3) is 6.71 Å². The summed E-state index contributed by atoms with van der Waals surface area (Å²) in [5.74, 6) is 0. The van der Waals surface area contributed by atoms with Crippen molar-refractivity contribution in [2.75, 3.05) is 9.80 Å². The fraction of sp³-hybridized carbons (Fsp3) is 0.270. The third-order valence-electron chi connectivity index (χ3n) is 16.5. The molecular formula is C74H77BN2. The molecule has 9 aromatic carbocycles. The first-order chi connectivity index (χ1) is 37.0. The quantitative estimate of drug-likeness (QED) is 0.113. The molecule has 0 aliphatic carbocycles. The molecule has 0 N–H and O–H groups in total. The molecule has 0 saturated heterocycles. The molecule has 0 aromatic heterocycles. The third-order valence-corrected chi connectivity index (χ3v) is 16.5. The molecule has 0 amide bonds. The monoisotopic (exact) mass is 1000 g/mol. The number of benzene rings is 9. The van der Waals surface area contributed by atoms with E-state index in [2.05, 4.69) is 280 Å². The molecule has 2 aliphatic rings. The van der Waals surface area contributed by atoms with Gasteiger partial charge in [0.1, 0.15) is 0 Å². The summed E-state index contributed by atoms with van der Waals surface area (Å²) in [5.41, 5.74) is 28.0. The maximum absolute atomic E-state index is 2.78. The van der Waals surface area contributed by atoms with Crippen LogP contribution in [-0.4, -0.2) is 6.71 Å². The lowest BCUT2D eigenvalue weighted by Gasteiger charge is -2.47. The Hall–Kier alpha value is -7.36. The maximum atomic E-state index is 2.78. The normalized spacial score (nSPS) is 13.1. The fourth-order valence-corrected chi connectivity index (χ4v) is 12.1. The van der Waals surface area contributed by atoms with E-state index in [4.69, 9.17) is 0 Å². The van der Waals surface area contributed by atoms with E-state index in [0.29, 0.717) is 0 Å². The third kappa shape index (κ3) is 9.77. The van der Waals surface area contributed by atoms with Crippen LogP contribution in [0, 0.1) is 0 Å². The topological polar surface area (TPSA) is 6.48 Å². The Labute approximate surface area is 462 Å². The van der Waals surface area contributed by atoms with Crippen LogP contribution in [0.5, 0.6) is 0 Å². The highest BCUT2D eigenvalue weighted by atomic mass is 15.2. The van der Waals surface area contributed by atoms with Gasteiger partial charge >= 0.3 is 0 Å². The van der Waals surface area contributed by atoms with Gasteiger partial charge in [0.2, 0.25) is 0 Å². The standard InChI is InChI=1S/C74H77BN2/c1-12-14-28-56-42-58(72(3,4)5)43-57(29-15-13-2)70(56)76-65-40-38-54(50-30-20-16-21-31-50)44-63(65)75-64-45-55(51-32-22-17-23-33-51)39-41-66(64)77(68-49-60(74(9,10)11)48-67(76)69(68)75)71-61(52-34-24-18-25-35-52)46-59(73(6,7)8)47-62(71)53-36-26-19-27-37-53/h16-27,30-49H,12-15,28-29H2,1-11H3. The lowest BCUT2D eigenvalue weighted by atomic mass is 9.33. The molecule has 0 atom stereocenters.